The Labute approximate surface area is 100 Å². The Morgan fingerprint density at radius 1 is 1.06 bits per heavy atom. The molecular formula is C16H23. The molecule has 1 radical (unpaired) electrons. The first-order chi connectivity index (χ1) is 7.57. The van der Waals surface area contributed by atoms with Crippen LogP contribution in [0.25, 0.3) is 0 Å². The monoisotopic (exact) mass is 215 g/mol. The van der Waals surface area contributed by atoms with Gasteiger partial charge in [0.15, 0.2) is 0 Å². The third-order valence-electron chi connectivity index (χ3n) is 3.51. The van der Waals surface area contributed by atoms with E-state index >= 15 is 0 Å². The Morgan fingerprint density at radius 3 is 2.50 bits per heavy atom. The molecule has 2 aliphatic rings. The molecule has 0 saturated heterocycles. The van der Waals surface area contributed by atoms with E-state index in [1.54, 1.807) is 5.57 Å². The fraction of sp³-hybridized carbons (Fsp3) is 0.562. The highest BCUT2D eigenvalue weighted by Crippen LogP contribution is 2.35. The molecule has 0 saturated carbocycles. The van der Waals surface area contributed by atoms with Crippen LogP contribution in [0.1, 0.15) is 52.9 Å². The summed E-state index contributed by atoms with van der Waals surface area (Å²) in [5.41, 5.74) is 4.86. The average Bonchev–Trinajstić information content (AvgIpc) is 2.29. The molecule has 0 amide bonds. The maximum absolute atomic E-state index is 2.44. The minimum Gasteiger partial charge on any atom is -0.0810 e. The zero-order chi connectivity index (χ0) is 11.6. The molecule has 0 unspecified atom stereocenters. The lowest BCUT2D eigenvalue weighted by Crippen LogP contribution is -2.11. The van der Waals surface area contributed by atoms with Gasteiger partial charge in [-0.05, 0) is 60.7 Å². The van der Waals surface area contributed by atoms with Gasteiger partial charge in [-0.15, -0.1) is 0 Å². The average molecular weight is 215 g/mol. The third kappa shape index (κ3) is 2.66. The molecule has 0 aromatic heterocycles. The van der Waals surface area contributed by atoms with Gasteiger partial charge in [0.25, 0.3) is 0 Å². The second-order valence-corrected chi connectivity index (χ2v) is 5.92. The normalized spacial score (nSPS) is 22.3. The molecule has 0 heteroatoms. The molecule has 0 aromatic rings. The van der Waals surface area contributed by atoms with Crippen molar-refractivity contribution in [2.24, 2.45) is 5.41 Å². The molecule has 0 bridgehead atoms. The van der Waals surface area contributed by atoms with Crippen LogP contribution in [0.15, 0.2) is 34.9 Å². The Kier molecular flexibility index (Phi) is 3.37. The summed E-state index contributed by atoms with van der Waals surface area (Å²) in [6, 6.07) is 0. The summed E-state index contributed by atoms with van der Waals surface area (Å²) in [7, 11) is 0. The highest BCUT2D eigenvalue weighted by molar-refractivity contribution is 5.47. The van der Waals surface area contributed by atoms with Crippen molar-refractivity contribution in [2.75, 3.05) is 0 Å². The van der Waals surface area contributed by atoms with Crippen molar-refractivity contribution >= 4 is 0 Å². The molecule has 0 aromatic carbocycles. The van der Waals surface area contributed by atoms with Gasteiger partial charge < -0.3 is 0 Å². The van der Waals surface area contributed by atoms with Crippen molar-refractivity contribution < 1.29 is 0 Å². The van der Waals surface area contributed by atoms with E-state index in [4.69, 9.17) is 0 Å². The van der Waals surface area contributed by atoms with Crippen molar-refractivity contribution in [1.29, 1.82) is 0 Å². The van der Waals surface area contributed by atoms with E-state index in [0.717, 1.165) is 6.42 Å². The third-order valence-corrected chi connectivity index (χ3v) is 3.51. The van der Waals surface area contributed by atoms with Crippen LogP contribution >= 0.6 is 0 Å². The SMILES string of the molecule is CC(C)(C)C1=CC[CH]C(C2=CCCCC2)=C1. The van der Waals surface area contributed by atoms with Gasteiger partial charge in [-0.1, -0.05) is 39.0 Å². The zero-order valence-electron chi connectivity index (χ0n) is 10.8. The van der Waals surface area contributed by atoms with Gasteiger partial charge in [0.2, 0.25) is 0 Å². The minimum absolute atomic E-state index is 0.286. The van der Waals surface area contributed by atoms with Crippen molar-refractivity contribution in [3.63, 3.8) is 0 Å². The highest BCUT2D eigenvalue weighted by Gasteiger charge is 2.19. The van der Waals surface area contributed by atoms with E-state index in [2.05, 4.69) is 45.4 Å². The Morgan fingerprint density at radius 2 is 1.88 bits per heavy atom. The van der Waals surface area contributed by atoms with E-state index in [1.165, 1.54) is 36.8 Å². The summed E-state index contributed by atoms with van der Waals surface area (Å²) in [5.74, 6) is 0. The van der Waals surface area contributed by atoms with E-state index in [0.29, 0.717) is 0 Å². The second-order valence-electron chi connectivity index (χ2n) is 5.92. The van der Waals surface area contributed by atoms with Crippen molar-refractivity contribution in [3.05, 3.63) is 41.4 Å². The molecule has 2 rings (SSSR count). The van der Waals surface area contributed by atoms with Gasteiger partial charge in [-0.3, -0.25) is 0 Å². The van der Waals surface area contributed by atoms with Crippen LogP contribution in [-0.4, -0.2) is 0 Å². The summed E-state index contributed by atoms with van der Waals surface area (Å²) in [4.78, 5) is 0. The molecule has 0 fully saturated rings. The first kappa shape index (κ1) is 11.7. The lowest BCUT2D eigenvalue weighted by molar-refractivity contribution is 0.513. The lowest BCUT2D eigenvalue weighted by atomic mass is 9.79. The number of rotatable bonds is 1. The summed E-state index contributed by atoms with van der Waals surface area (Å²) in [6.07, 6.45) is 16.0. The fourth-order valence-electron chi connectivity index (χ4n) is 2.45. The van der Waals surface area contributed by atoms with Crippen LogP contribution in [0.3, 0.4) is 0 Å². The molecule has 0 aliphatic heterocycles. The predicted octanol–water partition coefficient (Wildman–Crippen LogP) is 4.99. The lowest BCUT2D eigenvalue weighted by Gasteiger charge is -2.26. The predicted molar refractivity (Wildman–Crippen MR) is 71.1 cm³/mol. The first-order valence-electron chi connectivity index (χ1n) is 6.52. The Balaban J connectivity index is 2.20. The van der Waals surface area contributed by atoms with Gasteiger partial charge in [0.05, 0.1) is 0 Å². The number of allylic oxidation sites excluding steroid dienone is 6. The van der Waals surface area contributed by atoms with Crippen LogP contribution in [-0.2, 0) is 0 Å². The molecule has 0 spiro atoms. The van der Waals surface area contributed by atoms with Crippen LogP contribution in [0.2, 0.25) is 0 Å². The molecule has 87 valence electrons. The Hall–Kier alpha value is -0.780. The maximum atomic E-state index is 2.44. The van der Waals surface area contributed by atoms with Crippen LogP contribution < -0.4 is 0 Å². The van der Waals surface area contributed by atoms with Crippen LogP contribution in [0.4, 0.5) is 0 Å². The molecule has 0 N–H and O–H groups in total. The van der Waals surface area contributed by atoms with E-state index in [-0.39, 0.29) is 5.41 Å². The van der Waals surface area contributed by atoms with Gasteiger partial charge >= 0.3 is 0 Å². The standard InChI is InChI=1S/C16H23/c1-16(2,3)15-11-7-10-14(12-15)13-8-5-4-6-9-13/h8,10-12H,4-7,9H2,1-3H3. The zero-order valence-corrected chi connectivity index (χ0v) is 10.8. The van der Waals surface area contributed by atoms with Gasteiger partial charge in [0, 0.05) is 0 Å². The first-order valence-corrected chi connectivity index (χ1v) is 6.52. The summed E-state index contributed by atoms with van der Waals surface area (Å²) >= 11 is 0. The molecular weight excluding hydrogens is 192 g/mol. The molecule has 0 atom stereocenters. The van der Waals surface area contributed by atoms with Crippen molar-refractivity contribution in [1.82, 2.24) is 0 Å². The minimum atomic E-state index is 0.286. The smallest absolute Gasteiger partial charge is 0.00525 e. The molecule has 2 aliphatic carbocycles. The molecule has 16 heavy (non-hydrogen) atoms. The topological polar surface area (TPSA) is 0 Å². The fourth-order valence-corrected chi connectivity index (χ4v) is 2.45. The summed E-state index contributed by atoms with van der Waals surface area (Å²) in [6.45, 7) is 6.90. The van der Waals surface area contributed by atoms with Crippen molar-refractivity contribution in [3.8, 4) is 0 Å². The van der Waals surface area contributed by atoms with Gasteiger partial charge in [-0.25, -0.2) is 0 Å². The number of hydrogen-bond acceptors (Lipinski definition) is 0. The van der Waals surface area contributed by atoms with Crippen LogP contribution in [0.5, 0.6) is 0 Å². The molecule has 0 heterocycles. The van der Waals surface area contributed by atoms with E-state index < -0.39 is 0 Å². The largest absolute Gasteiger partial charge is 0.0810 e. The quantitative estimate of drug-likeness (QED) is 0.578. The van der Waals surface area contributed by atoms with E-state index in [9.17, 15) is 0 Å². The summed E-state index contributed by atoms with van der Waals surface area (Å²) < 4.78 is 0. The van der Waals surface area contributed by atoms with Gasteiger partial charge in [-0.2, -0.15) is 0 Å². The summed E-state index contributed by atoms with van der Waals surface area (Å²) in [5, 5.41) is 0. The van der Waals surface area contributed by atoms with E-state index in [1.807, 2.05) is 0 Å². The van der Waals surface area contributed by atoms with Gasteiger partial charge in [0.1, 0.15) is 0 Å². The Bertz CT molecular complexity index is 345. The van der Waals surface area contributed by atoms with Crippen LogP contribution in [0, 0.1) is 11.8 Å². The highest BCUT2D eigenvalue weighted by atomic mass is 14.2. The second kappa shape index (κ2) is 4.61. The van der Waals surface area contributed by atoms with Crippen molar-refractivity contribution in [2.45, 2.75) is 52.9 Å². The maximum Gasteiger partial charge on any atom is -0.00525 e. The molecule has 0 nitrogen and oxygen atoms in total. The number of hydrogen-bond donors (Lipinski definition) is 0.